The fourth-order valence-electron chi connectivity index (χ4n) is 2.32. The van der Waals surface area contributed by atoms with E-state index in [4.69, 9.17) is 9.84 Å². The molecule has 0 aliphatic heterocycles. The van der Waals surface area contributed by atoms with E-state index in [2.05, 4.69) is 0 Å². The van der Waals surface area contributed by atoms with Crippen LogP contribution in [0.4, 0.5) is 0 Å². The lowest BCUT2D eigenvalue weighted by molar-refractivity contribution is -0.142. The van der Waals surface area contributed by atoms with Gasteiger partial charge in [-0.1, -0.05) is 0 Å². The summed E-state index contributed by atoms with van der Waals surface area (Å²) in [4.78, 5) is 10.8. The van der Waals surface area contributed by atoms with Crippen LogP contribution in [0.15, 0.2) is 6.07 Å². The van der Waals surface area contributed by atoms with Gasteiger partial charge in [-0.2, -0.15) is 0 Å². The molecule has 1 atom stereocenters. The van der Waals surface area contributed by atoms with Gasteiger partial charge in [-0.05, 0) is 56.0 Å². The molecule has 0 aliphatic rings. The van der Waals surface area contributed by atoms with Gasteiger partial charge >= 0.3 is 5.97 Å². The summed E-state index contributed by atoms with van der Waals surface area (Å²) >= 11 is 0. The number of benzene rings is 1. The predicted molar refractivity (Wildman–Crippen MR) is 69.0 cm³/mol. The zero-order chi connectivity index (χ0) is 14.1. The first-order valence-electron chi connectivity index (χ1n) is 5.80. The summed E-state index contributed by atoms with van der Waals surface area (Å²) in [5.41, 5.74) is 1.95. The Morgan fingerprint density at radius 2 is 1.89 bits per heavy atom. The highest BCUT2D eigenvalue weighted by molar-refractivity contribution is 5.69. The summed E-state index contributed by atoms with van der Waals surface area (Å²) in [6, 6.07) is 1.80. The molecule has 1 unspecified atom stereocenters. The first-order chi connectivity index (χ1) is 8.20. The summed E-state index contributed by atoms with van der Waals surface area (Å²) in [6.07, 6.45) is -0.320. The van der Waals surface area contributed by atoms with Crippen molar-refractivity contribution < 1.29 is 19.7 Å². The van der Waals surface area contributed by atoms with Crippen molar-refractivity contribution >= 4 is 5.97 Å². The fourth-order valence-corrected chi connectivity index (χ4v) is 2.32. The minimum Gasteiger partial charge on any atom is -0.496 e. The molecular weight excluding hydrogens is 232 g/mol. The van der Waals surface area contributed by atoms with Gasteiger partial charge in [0, 0.05) is 0 Å². The first-order valence-corrected chi connectivity index (χ1v) is 5.80. The third-order valence-electron chi connectivity index (χ3n) is 3.31. The van der Waals surface area contributed by atoms with Gasteiger partial charge in [0.15, 0.2) is 0 Å². The third kappa shape index (κ3) is 2.64. The number of carboxylic acids is 1. The second-order valence-corrected chi connectivity index (χ2v) is 4.87. The summed E-state index contributed by atoms with van der Waals surface area (Å²) in [5.74, 6) is -0.243. The van der Waals surface area contributed by atoms with Crippen LogP contribution in [0.25, 0.3) is 0 Å². The molecule has 0 aromatic heterocycles. The smallest absolute Gasteiger partial charge is 0.306 e. The van der Waals surface area contributed by atoms with Gasteiger partial charge in [0.05, 0.1) is 19.1 Å². The van der Waals surface area contributed by atoms with Crippen LogP contribution < -0.4 is 4.74 Å². The average molecular weight is 252 g/mol. The van der Waals surface area contributed by atoms with Crippen LogP contribution in [-0.2, 0) is 10.4 Å². The Hall–Kier alpha value is -1.55. The zero-order valence-corrected chi connectivity index (χ0v) is 11.5. The molecule has 1 rings (SSSR count). The van der Waals surface area contributed by atoms with E-state index in [0.717, 1.165) is 22.4 Å². The quantitative estimate of drug-likeness (QED) is 0.863. The molecule has 4 heteroatoms. The number of aliphatic carboxylic acids is 1. The summed E-state index contributed by atoms with van der Waals surface area (Å²) in [7, 11) is 1.60. The van der Waals surface area contributed by atoms with E-state index >= 15 is 0 Å². The zero-order valence-electron chi connectivity index (χ0n) is 11.5. The van der Waals surface area contributed by atoms with Gasteiger partial charge in [0.2, 0.25) is 0 Å². The topological polar surface area (TPSA) is 66.8 Å². The largest absolute Gasteiger partial charge is 0.496 e. The highest BCUT2D eigenvalue weighted by atomic mass is 16.5. The normalized spacial score (nSPS) is 14.1. The minimum absolute atomic E-state index is 0.320. The second kappa shape index (κ2) is 4.98. The average Bonchev–Trinajstić information content (AvgIpc) is 2.22. The van der Waals surface area contributed by atoms with Crippen LogP contribution in [0.3, 0.4) is 0 Å². The molecule has 100 valence electrons. The lowest BCUT2D eigenvalue weighted by Crippen LogP contribution is -2.26. The Morgan fingerprint density at radius 1 is 1.33 bits per heavy atom. The Labute approximate surface area is 107 Å². The number of rotatable bonds is 4. The number of ether oxygens (including phenoxy) is 1. The highest BCUT2D eigenvalue weighted by Gasteiger charge is 2.29. The monoisotopic (exact) mass is 252 g/mol. The van der Waals surface area contributed by atoms with E-state index in [-0.39, 0.29) is 6.42 Å². The SMILES string of the molecule is COc1c(C)cc(C(C)(O)CC(=O)O)c(C)c1C. The van der Waals surface area contributed by atoms with Crippen LogP contribution in [0.5, 0.6) is 5.75 Å². The van der Waals surface area contributed by atoms with Gasteiger partial charge in [0.25, 0.3) is 0 Å². The van der Waals surface area contributed by atoms with Crippen molar-refractivity contribution in [3.05, 3.63) is 28.3 Å². The van der Waals surface area contributed by atoms with Crippen LogP contribution in [-0.4, -0.2) is 23.3 Å². The van der Waals surface area contributed by atoms with E-state index in [1.165, 1.54) is 6.92 Å². The number of aryl methyl sites for hydroxylation is 1. The molecule has 0 bridgehead atoms. The van der Waals surface area contributed by atoms with E-state index in [1.54, 1.807) is 13.2 Å². The Morgan fingerprint density at radius 3 is 2.33 bits per heavy atom. The van der Waals surface area contributed by atoms with Gasteiger partial charge in [0.1, 0.15) is 5.75 Å². The predicted octanol–water partition coefficient (Wildman–Crippen LogP) is 2.30. The molecule has 2 N–H and O–H groups in total. The highest BCUT2D eigenvalue weighted by Crippen LogP contribution is 2.35. The van der Waals surface area contributed by atoms with Crippen molar-refractivity contribution in [1.82, 2.24) is 0 Å². The summed E-state index contributed by atoms with van der Waals surface area (Å²) < 4.78 is 5.31. The van der Waals surface area contributed by atoms with Crippen LogP contribution in [0.2, 0.25) is 0 Å². The molecule has 0 saturated carbocycles. The van der Waals surface area contributed by atoms with Crippen molar-refractivity contribution in [1.29, 1.82) is 0 Å². The lowest BCUT2D eigenvalue weighted by Gasteiger charge is -2.26. The maximum atomic E-state index is 10.8. The van der Waals surface area contributed by atoms with Crippen molar-refractivity contribution in [2.75, 3.05) is 7.11 Å². The molecular formula is C14H20O4. The van der Waals surface area contributed by atoms with Crippen molar-refractivity contribution in [3.63, 3.8) is 0 Å². The number of hydrogen-bond acceptors (Lipinski definition) is 3. The maximum absolute atomic E-state index is 10.8. The molecule has 0 radical (unpaired) electrons. The van der Waals surface area contributed by atoms with E-state index in [0.29, 0.717) is 5.56 Å². The van der Waals surface area contributed by atoms with Crippen LogP contribution in [0.1, 0.15) is 35.6 Å². The summed E-state index contributed by atoms with van der Waals surface area (Å²) in [5, 5.41) is 19.2. The van der Waals surface area contributed by atoms with Gasteiger partial charge in [-0.15, -0.1) is 0 Å². The van der Waals surface area contributed by atoms with E-state index in [1.807, 2.05) is 20.8 Å². The Balaban J connectivity index is 3.39. The minimum atomic E-state index is -1.38. The molecule has 0 spiro atoms. The summed E-state index contributed by atoms with van der Waals surface area (Å²) in [6.45, 7) is 7.17. The maximum Gasteiger partial charge on any atom is 0.306 e. The standard InChI is InChI=1S/C14H20O4/c1-8-6-11(14(4,17)7-12(15)16)9(2)10(3)13(8)18-5/h6,17H,7H2,1-5H3,(H,15,16). The molecule has 18 heavy (non-hydrogen) atoms. The van der Waals surface area contributed by atoms with Crippen molar-refractivity contribution in [2.24, 2.45) is 0 Å². The fraction of sp³-hybridized carbons (Fsp3) is 0.500. The number of methoxy groups -OCH3 is 1. The van der Waals surface area contributed by atoms with E-state index in [9.17, 15) is 9.90 Å². The third-order valence-corrected chi connectivity index (χ3v) is 3.31. The molecule has 0 amide bonds. The van der Waals surface area contributed by atoms with Crippen LogP contribution in [0, 0.1) is 20.8 Å². The second-order valence-electron chi connectivity index (χ2n) is 4.87. The lowest BCUT2D eigenvalue weighted by atomic mass is 9.85. The molecule has 0 fully saturated rings. The Bertz CT molecular complexity index is 475. The Kier molecular flexibility index (Phi) is 4.02. The molecule has 0 aliphatic carbocycles. The number of hydrogen-bond donors (Lipinski definition) is 2. The number of aliphatic hydroxyl groups is 1. The molecule has 0 heterocycles. The van der Waals surface area contributed by atoms with E-state index < -0.39 is 11.6 Å². The molecule has 0 saturated heterocycles. The molecule has 1 aromatic carbocycles. The molecule has 4 nitrogen and oxygen atoms in total. The van der Waals surface area contributed by atoms with Gasteiger partial charge < -0.3 is 14.9 Å². The number of carboxylic acid groups (broad SMARTS) is 1. The van der Waals surface area contributed by atoms with Gasteiger partial charge in [-0.3, -0.25) is 4.79 Å². The molecule has 1 aromatic rings. The van der Waals surface area contributed by atoms with Crippen molar-refractivity contribution in [3.8, 4) is 5.75 Å². The van der Waals surface area contributed by atoms with Gasteiger partial charge in [-0.25, -0.2) is 0 Å². The van der Waals surface area contributed by atoms with Crippen molar-refractivity contribution in [2.45, 2.75) is 39.7 Å². The number of carbonyl (C=O) groups is 1. The van der Waals surface area contributed by atoms with Crippen LogP contribution >= 0.6 is 0 Å². The first kappa shape index (κ1) is 14.5.